The summed E-state index contributed by atoms with van der Waals surface area (Å²) in [5, 5.41) is 2.64. The Morgan fingerprint density at radius 1 is 0.833 bits per heavy atom. The van der Waals surface area contributed by atoms with Crippen molar-refractivity contribution in [2.75, 3.05) is 0 Å². The van der Waals surface area contributed by atoms with E-state index in [1.54, 1.807) is 0 Å². The van der Waals surface area contributed by atoms with Gasteiger partial charge < -0.3 is 0 Å². The molecule has 1 aromatic heterocycles. The van der Waals surface area contributed by atoms with Crippen molar-refractivity contribution in [1.29, 1.82) is 0 Å². The van der Waals surface area contributed by atoms with Gasteiger partial charge in [0, 0.05) is 17.7 Å². The monoisotopic (exact) mass is 234 g/mol. The molecule has 0 radical (unpaired) electrons. The Labute approximate surface area is 107 Å². The number of aromatic nitrogens is 1. The van der Waals surface area contributed by atoms with E-state index >= 15 is 0 Å². The number of hydrogen-bond donors (Lipinski definition) is 0. The van der Waals surface area contributed by atoms with E-state index in [2.05, 4.69) is 79.3 Å². The molecular weight excluding hydrogens is 218 g/mol. The number of pyridine rings is 1. The lowest BCUT2D eigenvalue weighted by atomic mass is 9.98. The second kappa shape index (κ2) is 4.26. The highest BCUT2D eigenvalue weighted by atomic mass is 14.9. The van der Waals surface area contributed by atoms with E-state index in [4.69, 9.17) is 0 Å². The SMILES string of the molecule is Cc1c(-c2cccc[n+]2C)ccc2ccccc12. The second-order valence-corrected chi connectivity index (χ2v) is 4.66. The average Bonchev–Trinajstić information content (AvgIpc) is 2.41. The minimum atomic E-state index is 1.25. The Kier molecular flexibility index (Phi) is 2.60. The fourth-order valence-electron chi connectivity index (χ4n) is 2.51. The summed E-state index contributed by atoms with van der Waals surface area (Å²) in [6.07, 6.45) is 2.09. The van der Waals surface area contributed by atoms with Crippen LogP contribution in [-0.4, -0.2) is 0 Å². The molecule has 0 saturated carbocycles. The molecule has 0 atom stereocenters. The maximum atomic E-state index is 2.22. The number of nitrogens with zero attached hydrogens (tertiary/aromatic N) is 1. The Hall–Kier alpha value is -2.15. The maximum Gasteiger partial charge on any atom is 0.212 e. The van der Waals surface area contributed by atoms with Gasteiger partial charge in [-0.25, -0.2) is 4.57 Å². The van der Waals surface area contributed by atoms with Gasteiger partial charge in [0.25, 0.3) is 0 Å². The number of benzene rings is 2. The van der Waals surface area contributed by atoms with Crippen LogP contribution in [0.15, 0.2) is 60.8 Å². The van der Waals surface area contributed by atoms with Gasteiger partial charge in [-0.3, -0.25) is 0 Å². The van der Waals surface area contributed by atoms with Crippen LogP contribution in [0.5, 0.6) is 0 Å². The van der Waals surface area contributed by atoms with Gasteiger partial charge in [0.2, 0.25) is 5.69 Å². The third kappa shape index (κ3) is 1.68. The minimum Gasteiger partial charge on any atom is -0.201 e. The summed E-state index contributed by atoms with van der Waals surface area (Å²) < 4.78 is 2.16. The van der Waals surface area contributed by atoms with Gasteiger partial charge in [0.05, 0.1) is 0 Å². The van der Waals surface area contributed by atoms with Crippen LogP contribution in [0, 0.1) is 6.92 Å². The van der Waals surface area contributed by atoms with Crippen molar-refractivity contribution in [3.63, 3.8) is 0 Å². The largest absolute Gasteiger partial charge is 0.212 e. The predicted octanol–water partition coefficient (Wildman–Crippen LogP) is 3.64. The Balaban J connectivity index is 2.31. The fourth-order valence-corrected chi connectivity index (χ4v) is 2.51. The summed E-state index contributed by atoms with van der Waals surface area (Å²) in [4.78, 5) is 0. The lowest BCUT2D eigenvalue weighted by molar-refractivity contribution is -0.660. The summed E-state index contributed by atoms with van der Waals surface area (Å²) in [6, 6.07) is 19.3. The Morgan fingerprint density at radius 3 is 2.44 bits per heavy atom. The quantitative estimate of drug-likeness (QED) is 0.566. The van der Waals surface area contributed by atoms with Crippen molar-refractivity contribution in [1.82, 2.24) is 0 Å². The Bertz CT molecular complexity index is 714. The molecule has 0 fully saturated rings. The fraction of sp³-hybridized carbons (Fsp3) is 0.118. The molecule has 0 amide bonds. The molecule has 0 N–H and O–H groups in total. The van der Waals surface area contributed by atoms with Gasteiger partial charge >= 0.3 is 0 Å². The minimum absolute atomic E-state index is 1.25. The normalized spacial score (nSPS) is 10.8. The van der Waals surface area contributed by atoms with E-state index < -0.39 is 0 Å². The molecule has 0 saturated heterocycles. The first-order chi connectivity index (χ1) is 8.77. The van der Waals surface area contributed by atoms with Gasteiger partial charge in [0.15, 0.2) is 6.20 Å². The highest BCUT2D eigenvalue weighted by Crippen LogP contribution is 2.27. The summed E-state index contributed by atoms with van der Waals surface area (Å²) in [7, 11) is 2.09. The van der Waals surface area contributed by atoms with E-state index in [0.717, 1.165) is 0 Å². The molecule has 1 heteroatoms. The molecule has 0 aliphatic rings. The molecule has 0 unspecified atom stereocenters. The van der Waals surface area contributed by atoms with Gasteiger partial charge in [-0.1, -0.05) is 30.3 Å². The summed E-state index contributed by atoms with van der Waals surface area (Å²) >= 11 is 0. The average molecular weight is 234 g/mol. The number of aryl methyl sites for hydroxylation is 2. The molecule has 1 nitrogen and oxygen atoms in total. The van der Waals surface area contributed by atoms with Gasteiger partial charge in [0.1, 0.15) is 7.05 Å². The summed E-state index contributed by atoms with van der Waals surface area (Å²) in [5.74, 6) is 0. The third-order valence-electron chi connectivity index (χ3n) is 3.53. The molecule has 18 heavy (non-hydrogen) atoms. The molecular formula is C17H16N+. The van der Waals surface area contributed by atoms with Crippen LogP contribution >= 0.6 is 0 Å². The molecule has 0 spiro atoms. The van der Waals surface area contributed by atoms with Crippen molar-refractivity contribution < 1.29 is 4.57 Å². The molecule has 0 bridgehead atoms. The zero-order valence-electron chi connectivity index (χ0n) is 10.7. The highest BCUT2D eigenvalue weighted by molar-refractivity contribution is 5.90. The zero-order chi connectivity index (χ0) is 12.5. The first kappa shape index (κ1) is 11.0. The van der Waals surface area contributed by atoms with Crippen molar-refractivity contribution in [3.8, 4) is 11.3 Å². The van der Waals surface area contributed by atoms with E-state index in [-0.39, 0.29) is 0 Å². The number of hydrogen-bond acceptors (Lipinski definition) is 0. The van der Waals surface area contributed by atoms with Gasteiger partial charge in [-0.15, -0.1) is 0 Å². The van der Waals surface area contributed by atoms with Crippen molar-refractivity contribution in [3.05, 3.63) is 66.4 Å². The number of fused-ring (bicyclic) bond motifs is 1. The standard InChI is InChI=1S/C17H16N/c1-13-15-8-4-3-7-14(15)10-11-16(13)17-9-5-6-12-18(17)2/h3-12H,1-2H3/q+1. The first-order valence-corrected chi connectivity index (χ1v) is 6.21. The first-order valence-electron chi connectivity index (χ1n) is 6.21. The molecule has 88 valence electrons. The van der Waals surface area contributed by atoms with Crippen molar-refractivity contribution in [2.45, 2.75) is 6.92 Å². The van der Waals surface area contributed by atoms with E-state index in [0.29, 0.717) is 0 Å². The maximum absolute atomic E-state index is 2.22. The predicted molar refractivity (Wildman–Crippen MR) is 75.3 cm³/mol. The molecule has 2 aromatic carbocycles. The van der Waals surface area contributed by atoms with Crippen LogP contribution in [0.1, 0.15) is 5.56 Å². The topological polar surface area (TPSA) is 3.88 Å². The van der Waals surface area contributed by atoms with Crippen LogP contribution in [0.4, 0.5) is 0 Å². The smallest absolute Gasteiger partial charge is 0.201 e. The van der Waals surface area contributed by atoms with E-state index in [1.165, 1.54) is 27.6 Å². The van der Waals surface area contributed by atoms with Crippen LogP contribution < -0.4 is 4.57 Å². The van der Waals surface area contributed by atoms with E-state index in [1.807, 2.05) is 0 Å². The van der Waals surface area contributed by atoms with Crippen molar-refractivity contribution >= 4 is 10.8 Å². The molecule has 0 aliphatic carbocycles. The molecule has 3 aromatic rings. The second-order valence-electron chi connectivity index (χ2n) is 4.66. The summed E-state index contributed by atoms with van der Waals surface area (Å²) in [5.41, 5.74) is 3.90. The van der Waals surface area contributed by atoms with Crippen LogP contribution in [0.2, 0.25) is 0 Å². The summed E-state index contributed by atoms with van der Waals surface area (Å²) in [6.45, 7) is 2.20. The van der Waals surface area contributed by atoms with Crippen molar-refractivity contribution in [2.24, 2.45) is 7.05 Å². The zero-order valence-corrected chi connectivity index (χ0v) is 10.7. The van der Waals surface area contributed by atoms with Gasteiger partial charge in [-0.05, 0) is 35.4 Å². The van der Waals surface area contributed by atoms with Gasteiger partial charge in [-0.2, -0.15) is 0 Å². The molecule has 3 rings (SSSR count). The lowest BCUT2D eigenvalue weighted by Gasteiger charge is -2.07. The molecule has 0 aliphatic heterocycles. The molecule has 1 heterocycles. The van der Waals surface area contributed by atoms with E-state index in [9.17, 15) is 0 Å². The van der Waals surface area contributed by atoms with Crippen LogP contribution in [0.3, 0.4) is 0 Å². The number of rotatable bonds is 1. The van der Waals surface area contributed by atoms with Crippen LogP contribution in [-0.2, 0) is 7.05 Å². The highest BCUT2D eigenvalue weighted by Gasteiger charge is 2.12. The lowest BCUT2D eigenvalue weighted by Crippen LogP contribution is -2.30. The van der Waals surface area contributed by atoms with Crippen LogP contribution in [0.25, 0.3) is 22.0 Å². The Morgan fingerprint density at radius 2 is 1.61 bits per heavy atom. The third-order valence-corrected chi connectivity index (χ3v) is 3.53.